The monoisotopic (exact) mass is 530 g/mol. The zero-order valence-electron chi connectivity index (χ0n) is 23.0. The van der Waals surface area contributed by atoms with Gasteiger partial charge in [-0.2, -0.15) is 0 Å². The average Bonchev–Trinajstić information content (AvgIpc) is 2.95. The van der Waals surface area contributed by atoms with E-state index in [1.807, 2.05) is 24.3 Å². The minimum absolute atomic E-state index is 0.465. The van der Waals surface area contributed by atoms with E-state index in [2.05, 4.69) is 13.8 Å². The summed E-state index contributed by atoms with van der Waals surface area (Å²) in [4.78, 5) is 0. The molecule has 0 saturated heterocycles. The minimum Gasteiger partial charge on any atom is -0.493 e. The third-order valence-electron chi connectivity index (χ3n) is 6.56. The van der Waals surface area contributed by atoms with Gasteiger partial charge in [-0.05, 0) is 83.9 Å². The van der Waals surface area contributed by atoms with Crippen LogP contribution in [0.2, 0.25) is 0 Å². The number of nitrogens with two attached hydrogens (primary N) is 2. The van der Waals surface area contributed by atoms with E-state index in [0.29, 0.717) is 57.4 Å². The first-order valence-electron chi connectivity index (χ1n) is 12.3. The highest BCUT2D eigenvalue weighted by atomic mass is 16.5. The van der Waals surface area contributed by atoms with Crippen LogP contribution in [0.5, 0.6) is 46.0 Å². The van der Waals surface area contributed by atoms with Crippen molar-refractivity contribution in [2.45, 2.75) is 19.3 Å². The van der Waals surface area contributed by atoms with Crippen molar-refractivity contribution in [3.05, 3.63) is 83.9 Å². The van der Waals surface area contributed by atoms with Crippen molar-refractivity contribution in [2.75, 3.05) is 39.9 Å². The molecule has 0 heterocycles. The molecule has 0 fully saturated rings. The molecule has 0 aliphatic carbocycles. The predicted molar refractivity (Wildman–Crippen MR) is 153 cm³/mol. The quantitative estimate of drug-likeness (QED) is 0.216. The fourth-order valence-corrected chi connectivity index (χ4v) is 4.16. The molecule has 0 bridgehead atoms. The summed E-state index contributed by atoms with van der Waals surface area (Å²) < 4.78 is 35.2. The number of hydrogen-bond donors (Lipinski definition) is 2. The van der Waals surface area contributed by atoms with Crippen molar-refractivity contribution in [3.8, 4) is 46.0 Å². The number of benzene rings is 4. The Labute approximate surface area is 229 Å². The number of nitrogen functional groups attached to an aromatic ring is 2. The number of ether oxygens (including phenoxy) is 6. The third-order valence-corrected chi connectivity index (χ3v) is 6.56. The summed E-state index contributed by atoms with van der Waals surface area (Å²) in [5, 5.41) is 0. The topological polar surface area (TPSA) is 107 Å². The van der Waals surface area contributed by atoms with Crippen LogP contribution < -0.4 is 39.9 Å². The maximum absolute atomic E-state index is 6.13. The van der Waals surface area contributed by atoms with E-state index < -0.39 is 5.41 Å². The van der Waals surface area contributed by atoms with Gasteiger partial charge < -0.3 is 39.9 Å². The van der Waals surface area contributed by atoms with Gasteiger partial charge in [0, 0.05) is 16.8 Å². The summed E-state index contributed by atoms with van der Waals surface area (Å²) in [6, 6.07) is 22.0. The lowest BCUT2D eigenvalue weighted by Gasteiger charge is -2.29. The van der Waals surface area contributed by atoms with Gasteiger partial charge in [-0.25, -0.2) is 0 Å². The number of rotatable bonds is 10. The standard InChI is InChI=1S/C31H34N2O6/c1-31(2,19-15-25(34-3)29(26(16-19)35-4)38-23-11-7-21(32)8-12-23)20-17-27(36-5)30(28(18-20)37-6)39-24-13-9-22(33)10-14-24/h7-18H,32-33H2,1-6H3. The Hall–Kier alpha value is -4.72. The molecule has 0 saturated carbocycles. The van der Waals surface area contributed by atoms with Gasteiger partial charge in [-0.3, -0.25) is 0 Å². The van der Waals surface area contributed by atoms with E-state index in [4.69, 9.17) is 39.9 Å². The molecular weight excluding hydrogens is 496 g/mol. The fourth-order valence-electron chi connectivity index (χ4n) is 4.16. The zero-order chi connectivity index (χ0) is 28.2. The summed E-state index contributed by atoms with van der Waals surface area (Å²) in [6.45, 7) is 4.19. The molecule has 39 heavy (non-hydrogen) atoms. The highest BCUT2D eigenvalue weighted by Crippen LogP contribution is 2.48. The first kappa shape index (κ1) is 27.3. The van der Waals surface area contributed by atoms with Crippen LogP contribution in [0.1, 0.15) is 25.0 Å². The molecule has 0 spiro atoms. The molecule has 8 heteroatoms. The summed E-state index contributed by atoms with van der Waals surface area (Å²) in [7, 11) is 6.38. The first-order chi connectivity index (χ1) is 18.7. The van der Waals surface area contributed by atoms with Crippen molar-refractivity contribution in [1.82, 2.24) is 0 Å². The molecule has 0 unspecified atom stereocenters. The summed E-state index contributed by atoms with van der Waals surface area (Å²) in [6.07, 6.45) is 0. The Morgan fingerprint density at radius 3 is 1.03 bits per heavy atom. The summed E-state index contributed by atoms with van der Waals surface area (Å²) in [5.41, 5.74) is 14.3. The van der Waals surface area contributed by atoms with Crippen LogP contribution in [-0.4, -0.2) is 28.4 Å². The first-order valence-corrected chi connectivity index (χ1v) is 12.3. The predicted octanol–water partition coefficient (Wildman–Crippen LogP) is 6.80. The van der Waals surface area contributed by atoms with Crippen LogP contribution in [-0.2, 0) is 5.41 Å². The third kappa shape index (κ3) is 5.75. The van der Waals surface area contributed by atoms with Crippen LogP contribution in [0, 0.1) is 0 Å². The van der Waals surface area contributed by atoms with Gasteiger partial charge >= 0.3 is 0 Å². The highest BCUT2D eigenvalue weighted by Gasteiger charge is 2.30. The van der Waals surface area contributed by atoms with Crippen LogP contribution in [0.15, 0.2) is 72.8 Å². The van der Waals surface area contributed by atoms with Gasteiger partial charge in [0.2, 0.25) is 11.5 Å². The van der Waals surface area contributed by atoms with Crippen molar-refractivity contribution < 1.29 is 28.4 Å². The Bertz CT molecular complexity index is 1270. The molecule has 4 rings (SSSR count). The van der Waals surface area contributed by atoms with Crippen LogP contribution in [0.25, 0.3) is 0 Å². The summed E-state index contributed by atoms with van der Waals surface area (Å²) in [5.74, 6) is 4.25. The molecule has 0 amide bonds. The number of anilines is 2. The lowest BCUT2D eigenvalue weighted by atomic mass is 9.77. The van der Waals surface area contributed by atoms with E-state index in [0.717, 1.165) is 11.1 Å². The van der Waals surface area contributed by atoms with E-state index in [-0.39, 0.29) is 0 Å². The zero-order valence-corrected chi connectivity index (χ0v) is 23.0. The van der Waals surface area contributed by atoms with E-state index in [9.17, 15) is 0 Å². The number of hydrogen-bond acceptors (Lipinski definition) is 8. The largest absolute Gasteiger partial charge is 0.493 e. The lowest BCUT2D eigenvalue weighted by Crippen LogP contribution is -2.20. The molecule has 4 N–H and O–H groups in total. The van der Waals surface area contributed by atoms with Gasteiger partial charge in [-0.1, -0.05) is 13.8 Å². The minimum atomic E-state index is -0.527. The molecule has 0 aromatic heterocycles. The maximum atomic E-state index is 6.13. The Kier molecular flexibility index (Phi) is 7.95. The highest BCUT2D eigenvalue weighted by molar-refractivity contribution is 5.61. The smallest absolute Gasteiger partial charge is 0.211 e. The van der Waals surface area contributed by atoms with E-state index in [1.165, 1.54) is 0 Å². The molecule has 0 atom stereocenters. The molecule has 0 aliphatic rings. The second kappa shape index (κ2) is 11.3. The van der Waals surface area contributed by atoms with E-state index in [1.54, 1.807) is 77.0 Å². The van der Waals surface area contributed by atoms with Gasteiger partial charge in [0.1, 0.15) is 11.5 Å². The lowest BCUT2D eigenvalue weighted by molar-refractivity contribution is 0.342. The molecule has 8 nitrogen and oxygen atoms in total. The number of methoxy groups -OCH3 is 4. The second-order valence-electron chi connectivity index (χ2n) is 9.39. The van der Waals surface area contributed by atoms with Crippen LogP contribution in [0.3, 0.4) is 0 Å². The molecule has 204 valence electrons. The van der Waals surface area contributed by atoms with Crippen molar-refractivity contribution in [2.24, 2.45) is 0 Å². The molecular formula is C31H34N2O6. The van der Waals surface area contributed by atoms with Gasteiger partial charge in [0.05, 0.1) is 28.4 Å². The molecule has 0 radical (unpaired) electrons. The Balaban J connectivity index is 1.76. The summed E-state index contributed by atoms with van der Waals surface area (Å²) >= 11 is 0. The SMILES string of the molecule is COc1cc(C(C)(C)c2cc(OC)c(Oc3ccc(N)cc3)c(OC)c2)cc(OC)c1Oc1ccc(N)cc1. The van der Waals surface area contributed by atoms with Crippen LogP contribution >= 0.6 is 0 Å². The molecule has 0 aliphatic heterocycles. The normalized spacial score (nSPS) is 11.0. The molecule has 4 aromatic rings. The van der Waals surface area contributed by atoms with Crippen LogP contribution in [0.4, 0.5) is 11.4 Å². The van der Waals surface area contributed by atoms with Gasteiger partial charge in [0.15, 0.2) is 23.0 Å². The Morgan fingerprint density at radius 1 is 0.487 bits per heavy atom. The van der Waals surface area contributed by atoms with Crippen molar-refractivity contribution >= 4 is 11.4 Å². The van der Waals surface area contributed by atoms with Crippen molar-refractivity contribution in [3.63, 3.8) is 0 Å². The van der Waals surface area contributed by atoms with E-state index >= 15 is 0 Å². The maximum Gasteiger partial charge on any atom is 0.211 e. The second-order valence-corrected chi connectivity index (χ2v) is 9.39. The van der Waals surface area contributed by atoms with Gasteiger partial charge in [-0.15, -0.1) is 0 Å². The average molecular weight is 531 g/mol. The molecule has 4 aromatic carbocycles. The van der Waals surface area contributed by atoms with Crippen molar-refractivity contribution in [1.29, 1.82) is 0 Å². The van der Waals surface area contributed by atoms with Gasteiger partial charge in [0.25, 0.3) is 0 Å². The Morgan fingerprint density at radius 2 is 0.769 bits per heavy atom. The fraction of sp³-hybridized carbons (Fsp3) is 0.226.